The zero-order valence-corrected chi connectivity index (χ0v) is 16.4. The minimum Gasteiger partial charge on any atom is -0.495 e. The Balaban J connectivity index is 1.87. The highest BCUT2D eigenvalue weighted by Crippen LogP contribution is 2.28. The van der Waals surface area contributed by atoms with Gasteiger partial charge < -0.3 is 10.1 Å². The van der Waals surface area contributed by atoms with Crippen LogP contribution in [0.2, 0.25) is 5.02 Å². The summed E-state index contributed by atoms with van der Waals surface area (Å²) in [6.07, 6.45) is 0. The Bertz CT molecular complexity index is 1130. The summed E-state index contributed by atoms with van der Waals surface area (Å²) >= 11 is 5.99. The number of rotatable bonds is 5. The van der Waals surface area contributed by atoms with E-state index in [0.717, 1.165) is 11.1 Å². The van der Waals surface area contributed by atoms with Crippen LogP contribution in [0, 0.1) is 0 Å². The zero-order chi connectivity index (χ0) is 20.3. The second-order valence-electron chi connectivity index (χ2n) is 5.95. The third-order valence-corrected chi connectivity index (χ3v) is 5.21. The quantitative estimate of drug-likeness (QED) is 0.658. The molecule has 3 aromatic carbocycles. The third-order valence-electron chi connectivity index (χ3n) is 4.05. The predicted octanol–water partition coefficient (Wildman–Crippen LogP) is 3.92. The van der Waals surface area contributed by atoms with E-state index in [1.54, 1.807) is 48.5 Å². The van der Waals surface area contributed by atoms with Crippen molar-refractivity contribution in [3.05, 3.63) is 77.3 Å². The maximum atomic E-state index is 12.7. The van der Waals surface area contributed by atoms with Gasteiger partial charge in [0.15, 0.2) is 0 Å². The van der Waals surface area contributed by atoms with Crippen molar-refractivity contribution in [3.63, 3.8) is 0 Å². The molecule has 0 unspecified atom stereocenters. The lowest BCUT2D eigenvalue weighted by molar-refractivity contribution is 0.102. The fourth-order valence-electron chi connectivity index (χ4n) is 2.65. The molecule has 1 amide bonds. The summed E-state index contributed by atoms with van der Waals surface area (Å²) in [7, 11) is -2.25. The van der Waals surface area contributed by atoms with E-state index >= 15 is 0 Å². The van der Waals surface area contributed by atoms with Crippen molar-refractivity contribution in [2.24, 2.45) is 5.14 Å². The summed E-state index contributed by atoms with van der Waals surface area (Å²) in [5, 5.41) is 8.37. The molecular weight excluding hydrogens is 400 g/mol. The van der Waals surface area contributed by atoms with E-state index in [9.17, 15) is 13.2 Å². The highest BCUT2D eigenvalue weighted by molar-refractivity contribution is 7.89. The van der Waals surface area contributed by atoms with Crippen LogP contribution in [0.4, 0.5) is 5.69 Å². The standard InChI is InChI=1S/C20H17ClN2O4S/c1-27-19-10-7-16(21)12-18(19)23-20(24)15-4-2-3-14(11-15)13-5-8-17(9-6-13)28(22,25)26/h2-12H,1H3,(H,23,24)(H2,22,25,26). The Morgan fingerprint density at radius 1 is 1.00 bits per heavy atom. The van der Waals surface area contributed by atoms with Crippen LogP contribution in [0.25, 0.3) is 11.1 Å². The van der Waals surface area contributed by atoms with Gasteiger partial charge in [-0.15, -0.1) is 0 Å². The number of sulfonamides is 1. The minimum atomic E-state index is -3.75. The van der Waals surface area contributed by atoms with E-state index in [4.69, 9.17) is 21.5 Å². The normalized spacial score (nSPS) is 11.1. The van der Waals surface area contributed by atoms with Gasteiger partial charge in [-0.25, -0.2) is 13.6 Å². The first-order valence-electron chi connectivity index (χ1n) is 8.16. The average molecular weight is 417 g/mol. The predicted molar refractivity (Wildman–Crippen MR) is 109 cm³/mol. The van der Waals surface area contributed by atoms with Gasteiger partial charge in [-0.3, -0.25) is 4.79 Å². The molecule has 144 valence electrons. The lowest BCUT2D eigenvalue weighted by atomic mass is 10.0. The second-order valence-corrected chi connectivity index (χ2v) is 7.95. The average Bonchev–Trinajstić information content (AvgIpc) is 2.68. The van der Waals surface area contributed by atoms with Gasteiger partial charge in [0.2, 0.25) is 10.0 Å². The number of nitrogens with two attached hydrogens (primary N) is 1. The SMILES string of the molecule is COc1ccc(Cl)cc1NC(=O)c1cccc(-c2ccc(S(N)(=O)=O)cc2)c1. The van der Waals surface area contributed by atoms with Crippen molar-refractivity contribution in [1.82, 2.24) is 0 Å². The van der Waals surface area contributed by atoms with Gasteiger partial charge in [0.05, 0.1) is 17.7 Å². The van der Waals surface area contributed by atoms with Crippen LogP contribution in [-0.4, -0.2) is 21.4 Å². The Labute approximate surface area is 168 Å². The number of hydrogen-bond donors (Lipinski definition) is 2. The van der Waals surface area contributed by atoms with Crippen LogP contribution < -0.4 is 15.2 Å². The van der Waals surface area contributed by atoms with Crippen molar-refractivity contribution in [3.8, 4) is 16.9 Å². The lowest BCUT2D eigenvalue weighted by Crippen LogP contribution is -2.12. The first-order chi connectivity index (χ1) is 13.3. The number of ether oxygens (including phenoxy) is 1. The number of benzene rings is 3. The molecule has 0 aliphatic carbocycles. The number of amides is 1. The summed E-state index contributed by atoms with van der Waals surface area (Å²) in [5.41, 5.74) is 2.40. The number of anilines is 1. The maximum absolute atomic E-state index is 12.7. The van der Waals surface area contributed by atoms with Crippen molar-refractivity contribution in [2.45, 2.75) is 4.90 Å². The number of nitrogens with one attached hydrogen (secondary N) is 1. The fraction of sp³-hybridized carbons (Fsp3) is 0.0500. The molecule has 0 heterocycles. The van der Waals surface area contributed by atoms with Crippen molar-refractivity contribution in [1.29, 1.82) is 0 Å². The van der Waals surface area contributed by atoms with E-state index in [0.29, 0.717) is 22.0 Å². The molecule has 3 rings (SSSR count). The smallest absolute Gasteiger partial charge is 0.255 e. The maximum Gasteiger partial charge on any atom is 0.255 e. The highest BCUT2D eigenvalue weighted by Gasteiger charge is 2.12. The van der Waals surface area contributed by atoms with Crippen molar-refractivity contribution >= 4 is 33.2 Å². The lowest BCUT2D eigenvalue weighted by Gasteiger charge is -2.11. The summed E-state index contributed by atoms with van der Waals surface area (Å²) < 4.78 is 28.0. The molecule has 0 fully saturated rings. The van der Waals surface area contributed by atoms with Gasteiger partial charge in [-0.2, -0.15) is 0 Å². The summed E-state index contributed by atoms with van der Waals surface area (Å²) in [6.45, 7) is 0. The molecule has 0 radical (unpaired) electrons. The molecule has 6 nitrogen and oxygen atoms in total. The number of carbonyl (C=O) groups is 1. The van der Waals surface area contributed by atoms with Crippen LogP contribution in [-0.2, 0) is 10.0 Å². The zero-order valence-electron chi connectivity index (χ0n) is 14.8. The number of primary sulfonamides is 1. The molecule has 28 heavy (non-hydrogen) atoms. The van der Waals surface area contributed by atoms with E-state index in [1.807, 2.05) is 6.07 Å². The van der Waals surface area contributed by atoms with Crippen LogP contribution in [0.3, 0.4) is 0 Å². The van der Waals surface area contributed by atoms with Crippen molar-refractivity contribution in [2.75, 3.05) is 12.4 Å². The molecule has 0 aliphatic heterocycles. The van der Waals surface area contributed by atoms with E-state index < -0.39 is 10.0 Å². The van der Waals surface area contributed by atoms with Gasteiger partial charge in [0.1, 0.15) is 5.75 Å². The molecule has 0 aliphatic rings. The number of halogens is 1. The largest absolute Gasteiger partial charge is 0.495 e. The van der Waals surface area contributed by atoms with Gasteiger partial charge in [-0.1, -0.05) is 35.9 Å². The summed E-state index contributed by atoms with van der Waals surface area (Å²) in [4.78, 5) is 12.7. The van der Waals surface area contributed by atoms with Gasteiger partial charge in [0.25, 0.3) is 5.91 Å². The van der Waals surface area contributed by atoms with Crippen molar-refractivity contribution < 1.29 is 17.9 Å². The van der Waals surface area contributed by atoms with Gasteiger partial charge in [-0.05, 0) is 53.6 Å². The molecule has 3 N–H and O–H groups in total. The number of methoxy groups -OCH3 is 1. The third kappa shape index (κ3) is 4.51. The molecule has 0 saturated heterocycles. The van der Waals surface area contributed by atoms with Crippen LogP contribution in [0.15, 0.2) is 71.6 Å². The Kier molecular flexibility index (Phi) is 5.69. The summed E-state index contributed by atoms with van der Waals surface area (Å²) in [5.74, 6) is 0.163. The Morgan fingerprint density at radius 2 is 1.71 bits per heavy atom. The van der Waals surface area contributed by atoms with Gasteiger partial charge >= 0.3 is 0 Å². The monoisotopic (exact) mass is 416 g/mol. The van der Waals surface area contributed by atoms with Gasteiger partial charge in [0, 0.05) is 10.6 Å². The number of carbonyl (C=O) groups excluding carboxylic acids is 1. The Morgan fingerprint density at radius 3 is 2.36 bits per heavy atom. The molecular formula is C20H17ClN2O4S. The Hall–Kier alpha value is -2.87. The van der Waals surface area contributed by atoms with Crippen LogP contribution in [0.5, 0.6) is 5.75 Å². The first-order valence-corrected chi connectivity index (χ1v) is 10.1. The molecule has 8 heteroatoms. The van der Waals surface area contributed by atoms with Crippen LogP contribution >= 0.6 is 11.6 Å². The second kappa shape index (κ2) is 8.02. The van der Waals surface area contributed by atoms with E-state index in [1.165, 1.54) is 19.2 Å². The first kappa shape index (κ1) is 19.9. The summed E-state index contributed by atoms with van der Waals surface area (Å²) in [6, 6.07) is 18.0. The molecule has 0 spiro atoms. The van der Waals surface area contributed by atoms with E-state index in [2.05, 4.69) is 5.32 Å². The highest BCUT2D eigenvalue weighted by atomic mass is 35.5. The topological polar surface area (TPSA) is 98.5 Å². The molecule has 0 aromatic heterocycles. The van der Waals surface area contributed by atoms with E-state index in [-0.39, 0.29) is 10.8 Å². The minimum absolute atomic E-state index is 0.0261. The molecule has 0 bridgehead atoms. The molecule has 0 atom stereocenters. The number of hydrogen-bond acceptors (Lipinski definition) is 4. The van der Waals surface area contributed by atoms with Crippen LogP contribution in [0.1, 0.15) is 10.4 Å². The molecule has 0 saturated carbocycles. The fourth-order valence-corrected chi connectivity index (χ4v) is 3.34. The molecule has 3 aromatic rings.